The van der Waals surface area contributed by atoms with Gasteiger partial charge in [0.05, 0.1) is 0 Å². The Hall–Kier alpha value is -0.980. The van der Waals surface area contributed by atoms with Gasteiger partial charge in [0.25, 0.3) is 0 Å². The van der Waals surface area contributed by atoms with Crippen LogP contribution >= 0.6 is 0 Å². The summed E-state index contributed by atoms with van der Waals surface area (Å²) in [7, 11) is 0. The van der Waals surface area contributed by atoms with Crippen molar-refractivity contribution >= 4 is 0 Å². The third-order valence-corrected chi connectivity index (χ3v) is 4.87. The molecule has 0 saturated heterocycles. The minimum absolute atomic E-state index is 0.506. The van der Waals surface area contributed by atoms with Gasteiger partial charge >= 0.3 is 0 Å². The first-order chi connectivity index (χ1) is 11.3. The molecule has 1 nitrogen and oxygen atoms in total. The first-order valence-corrected chi connectivity index (χ1v) is 10.0. The van der Waals surface area contributed by atoms with Crippen LogP contribution in [0.1, 0.15) is 102 Å². The summed E-state index contributed by atoms with van der Waals surface area (Å²) in [4.78, 5) is 0. The molecule has 1 aromatic carbocycles. The summed E-state index contributed by atoms with van der Waals surface area (Å²) in [6.07, 6.45) is 19.1. The molecular formula is C22H38O. The van der Waals surface area contributed by atoms with E-state index in [1.54, 1.807) is 0 Å². The molecule has 0 aliphatic carbocycles. The lowest BCUT2D eigenvalue weighted by Gasteiger charge is -2.07. The maximum Gasteiger partial charge on any atom is 0.121 e. The molecule has 1 aromatic rings. The molecule has 0 bridgehead atoms. The minimum Gasteiger partial charge on any atom is -0.507 e. The maximum atomic E-state index is 9.99. The summed E-state index contributed by atoms with van der Waals surface area (Å²) < 4.78 is 0. The van der Waals surface area contributed by atoms with Crippen LogP contribution in [0, 0.1) is 6.92 Å². The molecular weight excluding hydrogens is 280 g/mol. The topological polar surface area (TPSA) is 20.2 Å². The number of aryl methyl sites for hydroxylation is 2. The van der Waals surface area contributed by atoms with Crippen molar-refractivity contribution in [3.05, 3.63) is 29.3 Å². The Morgan fingerprint density at radius 2 is 1.17 bits per heavy atom. The summed E-state index contributed by atoms with van der Waals surface area (Å²) in [6.45, 7) is 4.26. The van der Waals surface area contributed by atoms with Gasteiger partial charge in [-0.15, -0.1) is 0 Å². The van der Waals surface area contributed by atoms with Crippen LogP contribution in [0.2, 0.25) is 0 Å². The van der Waals surface area contributed by atoms with Gasteiger partial charge in [0.1, 0.15) is 5.75 Å². The van der Waals surface area contributed by atoms with Crippen LogP contribution in [-0.4, -0.2) is 5.11 Å². The smallest absolute Gasteiger partial charge is 0.121 e. The van der Waals surface area contributed by atoms with Crippen LogP contribution in [0.4, 0.5) is 0 Å². The third kappa shape index (κ3) is 9.69. The first kappa shape index (κ1) is 20.1. The molecule has 0 spiro atoms. The van der Waals surface area contributed by atoms with Gasteiger partial charge in [0, 0.05) is 0 Å². The van der Waals surface area contributed by atoms with Gasteiger partial charge in [-0.05, 0) is 30.9 Å². The molecule has 0 aliphatic rings. The maximum absolute atomic E-state index is 9.99. The molecule has 1 rings (SSSR count). The fourth-order valence-electron chi connectivity index (χ4n) is 3.25. The van der Waals surface area contributed by atoms with Gasteiger partial charge in [-0.1, -0.05) is 102 Å². The Morgan fingerprint density at radius 1 is 0.696 bits per heavy atom. The highest BCUT2D eigenvalue weighted by atomic mass is 16.3. The van der Waals surface area contributed by atoms with Gasteiger partial charge in [0.15, 0.2) is 0 Å². The number of benzene rings is 1. The van der Waals surface area contributed by atoms with Crippen LogP contribution in [0.3, 0.4) is 0 Å². The van der Waals surface area contributed by atoms with Crippen molar-refractivity contribution in [3.8, 4) is 5.75 Å². The second-order valence-electron chi connectivity index (χ2n) is 7.08. The lowest BCUT2D eigenvalue weighted by Crippen LogP contribution is -1.89. The molecule has 0 heterocycles. The molecule has 1 heteroatoms. The number of unbranched alkanes of at least 4 members (excludes halogenated alkanes) is 12. The van der Waals surface area contributed by atoms with Crippen molar-refractivity contribution < 1.29 is 5.11 Å². The largest absolute Gasteiger partial charge is 0.507 e. The van der Waals surface area contributed by atoms with E-state index in [4.69, 9.17) is 0 Å². The van der Waals surface area contributed by atoms with E-state index >= 15 is 0 Å². The fourth-order valence-corrected chi connectivity index (χ4v) is 3.25. The average Bonchev–Trinajstić information content (AvgIpc) is 2.55. The summed E-state index contributed by atoms with van der Waals surface area (Å²) in [5.74, 6) is 0.506. The third-order valence-electron chi connectivity index (χ3n) is 4.87. The van der Waals surface area contributed by atoms with Crippen LogP contribution in [0.5, 0.6) is 5.75 Å². The standard InChI is InChI=1S/C22H38O/c1-3-4-5-6-7-8-9-10-11-12-13-14-15-18-21-19-16-17-20(2)22(21)23/h16-17,19,23H,3-15,18H2,1-2H3. The van der Waals surface area contributed by atoms with Crippen LogP contribution < -0.4 is 0 Å². The van der Waals surface area contributed by atoms with Gasteiger partial charge in [0.2, 0.25) is 0 Å². The lowest BCUT2D eigenvalue weighted by atomic mass is 10.0. The van der Waals surface area contributed by atoms with Crippen LogP contribution in [-0.2, 0) is 6.42 Å². The first-order valence-electron chi connectivity index (χ1n) is 10.0. The number of aromatic hydroxyl groups is 1. The Bertz CT molecular complexity index is 397. The van der Waals surface area contributed by atoms with Gasteiger partial charge in [-0.2, -0.15) is 0 Å². The predicted octanol–water partition coefficient (Wildman–Crippen LogP) is 7.33. The number of para-hydroxylation sites is 1. The zero-order valence-electron chi connectivity index (χ0n) is 15.6. The molecule has 0 amide bonds. The molecule has 0 fully saturated rings. The minimum atomic E-state index is 0.506. The van der Waals surface area contributed by atoms with E-state index in [1.807, 2.05) is 19.1 Å². The van der Waals surface area contributed by atoms with E-state index in [9.17, 15) is 5.11 Å². The number of hydrogen-bond donors (Lipinski definition) is 1. The zero-order chi connectivity index (χ0) is 16.8. The SMILES string of the molecule is CCCCCCCCCCCCCCCc1cccc(C)c1O. The summed E-state index contributed by atoms with van der Waals surface area (Å²) in [5, 5.41) is 9.99. The number of phenols is 1. The molecule has 0 atom stereocenters. The summed E-state index contributed by atoms with van der Waals surface area (Å²) >= 11 is 0. The van der Waals surface area contributed by atoms with E-state index in [2.05, 4.69) is 13.0 Å². The monoisotopic (exact) mass is 318 g/mol. The second-order valence-corrected chi connectivity index (χ2v) is 7.08. The van der Waals surface area contributed by atoms with E-state index in [-0.39, 0.29) is 0 Å². The number of phenolic OH excluding ortho intramolecular Hbond substituents is 1. The molecule has 0 radical (unpaired) electrons. The van der Waals surface area contributed by atoms with Gasteiger partial charge < -0.3 is 5.11 Å². The fraction of sp³-hybridized carbons (Fsp3) is 0.727. The van der Waals surface area contributed by atoms with E-state index < -0.39 is 0 Å². The molecule has 0 unspecified atom stereocenters. The Balaban J connectivity index is 1.87. The predicted molar refractivity (Wildman–Crippen MR) is 102 cm³/mol. The number of hydrogen-bond acceptors (Lipinski definition) is 1. The van der Waals surface area contributed by atoms with Crippen molar-refractivity contribution in [1.29, 1.82) is 0 Å². The summed E-state index contributed by atoms with van der Waals surface area (Å²) in [5.41, 5.74) is 2.12. The van der Waals surface area contributed by atoms with Crippen molar-refractivity contribution in [2.45, 2.75) is 104 Å². The second kappa shape index (κ2) is 13.5. The van der Waals surface area contributed by atoms with Crippen molar-refractivity contribution in [3.63, 3.8) is 0 Å². The van der Waals surface area contributed by atoms with Crippen molar-refractivity contribution in [2.24, 2.45) is 0 Å². The van der Waals surface area contributed by atoms with Crippen LogP contribution in [0.15, 0.2) is 18.2 Å². The van der Waals surface area contributed by atoms with E-state index in [0.29, 0.717) is 5.75 Å². The highest BCUT2D eigenvalue weighted by Gasteiger charge is 2.02. The lowest BCUT2D eigenvalue weighted by molar-refractivity contribution is 0.461. The molecule has 0 aliphatic heterocycles. The van der Waals surface area contributed by atoms with Gasteiger partial charge in [-0.25, -0.2) is 0 Å². The Labute approximate surface area is 144 Å². The average molecular weight is 319 g/mol. The summed E-state index contributed by atoms with van der Waals surface area (Å²) in [6, 6.07) is 6.08. The molecule has 0 aromatic heterocycles. The quantitative estimate of drug-likeness (QED) is 0.356. The highest BCUT2D eigenvalue weighted by molar-refractivity contribution is 5.39. The van der Waals surface area contributed by atoms with Crippen molar-refractivity contribution in [2.75, 3.05) is 0 Å². The van der Waals surface area contributed by atoms with E-state index in [0.717, 1.165) is 17.5 Å². The van der Waals surface area contributed by atoms with Gasteiger partial charge in [-0.3, -0.25) is 0 Å². The zero-order valence-corrected chi connectivity index (χ0v) is 15.6. The Morgan fingerprint density at radius 3 is 1.70 bits per heavy atom. The molecule has 23 heavy (non-hydrogen) atoms. The normalized spacial score (nSPS) is 11.0. The Kier molecular flexibility index (Phi) is 11.7. The molecule has 0 saturated carbocycles. The van der Waals surface area contributed by atoms with E-state index in [1.165, 1.54) is 83.5 Å². The molecule has 132 valence electrons. The number of rotatable bonds is 14. The van der Waals surface area contributed by atoms with Crippen LogP contribution in [0.25, 0.3) is 0 Å². The highest BCUT2D eigenvalue weighted by Crippen LogP contribution is 2.23. The molecule has 1 N–H and O–H groups in total. The van der Waals surface area contributed by atoms with Crippen molar-refractivity contribution in [1.82, 2.24) is 0 Å².